The lowest BCUT2D eigenvalue weighted by Crippen LogP contribution is -2.51. The van der Waals surface area contributed by atoms with Gasteiger partial charge in [-0.3, -0.25) is 0 Å². The fraction of sp³-hybridized carbons (Fsp3) is 0.435. The second-order valence-corrected chi connectivity index (χ2v) is 11.5. The molecule has 3 aromatic rings. The number of nitrogens with one attached hydrogen (secondary N) is 1. The molecule has 2 aliphatic heterocycles. The number of piperidine rings is 1. The van der Waals surface area contributed by atoms with Gasteiger partial charge in [0.25, 0.3) is 5.19 Å². The molecule has 0 aliphatic carbocycles. The van der Waals surface area contributed by atoms with E-state index in [4.69, 9.17) is 9.47 Å². The predicted octanol–water partition coefficient (Wildman–Crippen LogP) is 4.15. The molecule has 0 saturated carbocycles. The van der Waals surface area contributed by atoms with Gasteiger partial charge in [-0.25, -0.2) is 12.8 Å². The third-order valence-electron chi connectivity index (χ3n) is 6.23. The van der Waals surface area contributed by atoms with Gasteiger partial charge in [-0.2, -0.15) is 9.29 Å². The lowest BCUT2D eigenvalue weighted by molar-refractivity contribution is 0.201. The van der Waals surface area contributed by atoms with E-state index in [1.165, 1.54) is 23.7 Å². The van der Waals surface area contributed by atoms with E-state index in [9.17, 15) is 12.8 Å². The van der Waals surface area contributed by atoms with Crippen molar-refractivity contribution in [3.05, 3.63) is 48.3 Å². The Bertz CT molecular complexity index is 1220. The Morgan fingerprint density at radius 2 is 1.82 bits per heavy atom. The molecular formula is C23H26FN3O4S2. The second kappa shape index (κ2) is 9.17. The van der Waals surface area contributed by atoms with Crippen molar-refractivity contribution >= 4 is 31.6 Å². The molecule has 3 heterocycles. The summed E-state index contributed by atoms with van der Waals surface area (Å²) in [6.45, 7) is 1.21. The Morgan fingerprint density at radius 3 is 2.48 bits per heavy atom. The Balaban J connectivity index is 1.08. The van der Waals surface area contributed by atoms with Gasteiger partial charge in [0, 0.05) is 24.7 Å². The molecule has 0 amide bonds. The van der Waals surface area contributed by atoms with Gasteiger partial charge < -0.3 is 14.8 Å². The molecule has 2 aromatic carbocycles. The van der Waals surface area contributed by atoms with Crippen molar-refractivity contribution in [2.24, 2.45) is 0 Å². The van der Waals surface area contributed by atoms with E-state index in [0.717, 1.165) is 36.1 Å². The summed E-state index contributed by atoms with van der Waals surface area (Å²) >= 11 is 1.30. The SMILES string of the molecule is CS(=O)(=O)N1[C@@H]2CC[C@H]1C[C@H](NCCOc1ccc(Oc3nc4c(F)cccc4s3)cc1)C2. The molecule has 2 fully saturated rings. The largest absolute Gasteiger partial charge is 0.492 e. The van der Waals surface area contributed by atoms with E-state index in [1.807, 2.05) is 18.2 Å². The first-order valence-electron chi connectivity index (χ1n) is 11.0. The van der Waals surface area contributed by atoms with Crippen LogP contribution in [0.3, 0.4) is 0 Å². The highest BCUT2D eigenvalue weighted by Crippen LogP contribution is 2.37. The molecule has 1 N–H and O–H groups in total. The Morgan fingerprint density at radius 1 is 1.12 bits per heavy atom. The van der Waals surface area contributed by atoms with E-state index in [2.05, 4.69) is 10.3 Å². The monoisotopic (exact) mass is 491 g/mol. The summed E-state index contributed by atoms with van der Waals surface area (Å²) in [4.78, 5) is 4.21. The van der Waals surface area contributed by atoms with Crippen LogP contribution < -0.4 is 14.8 Å². The maximum absolute atomic E-state index is 13.8. The molecule has 5 rings (SSSR count). The second-order valence-electron chi connectivity index (χ2n) is 8.59. The molecule has 10 heteroatoms. The smallest absolute Gasteiger partial charge is 0.279 e. The van der Waals surface area contributed by atoms with Crippen LogP contribution in [0.1, 0.15) is 25.7 Å². The van der Waals surface area contributed by atoms with Crippen LogP contribution in [0.15, 0.2) is 42.5 Å². The Labute approximate surface area is 196 Å². The average molecular weight is 492 g/mol. The molecule has 1 aromatic heterocycles. The predicted molar refractivity (Wildman–Crippen MR) is 126 cm³/mol. The maximum atomic E-state index is 13.8. The van der Waals surface area contributed by atoms with Crippen LogP contribution in [0.4, 0.5) is 4.39 Å². The number of thiazole rings is 1. The van der Waals surface area contributed by atoms with E-state index in [-0.39, 0.29) is 17.9 Å². The van der Waals surface area contributed by atoms with Crippen molar-refractivity contribution < 1.29 is 22.3 Å². The normalized spacial score (nSPS) is 23.2. The minimum atomic E-state index is -3.13. The third-order valence-corrected chi connectivity index (χ3v) is 8.49. The van der Waals surface area contributed by atoms with Crippen LogP contribution in [-0.4, -0.2) is 55.2 Å². The first-order chi connectivity index (χ1) is 15.9. The van der Waals surface area contributed by atoms with Gasteiger partial charge in [-0.05, 0) is 62.1 Å². The molecule has 2 saturated heterocycles. The zero-order valence-electron chi connectivity index (χ0n) is 18.2. The summed E-state index contributed by atoms with van der Waals surface area (Å²) in [7, 11) is -3.13. The number of aromatic nitrogens is 1. The van der Waals surface area contributed by atoms with Crippen molar-refractivity contribution in [3.8, 4) is 16.7 Å². The van der Waals surface area contributed by atoms with Gasteiger partial charge in [0.05, 0.1) is 11.0 Å². The van der Waals surface area contributed by atoms with Crippen molar-refractivity contribution in [3.63, 3.8) is 0 Å². The van der Waals surface area contributed by atoms with Crippen LogP contribution in [0.5, 0.6) is 16.7 Å². The molecule has 0 unspecified atom stereocenters. The number of hydrogen-bond donors (Lipinski definition) is 1. The highest BCUT2D eigenvalue weighted by atomic mass is 32.2. The number of rotatable bonds is 8. The Kier molecular flexibility index (Phi) is 6.26. The van der Waals surface area contributed by atoms with Crippen LogP contribution >= 0.6 is 11.3 Å². The van der Waals surface area contributed by atoms with Gasteiger partial charge in [0.2, 0.25) is 10.0 Å². The highest BCUT2D eigenvalue weighted by molar-refractivity contribution is 7.88. The zero-order valence-corrected chi connectivity index (χ0v) is 19.9. The van der Waals surface area contributed by atoms with Gasteiger partial charge in [0.15, 0.2) is 0 Å². The van der Waals surface area contributed by atoms with E-state index < -0.39 is 10.0 Å². The number of nitrogens with zero attached hydrogens (tertiary/aromatic N) is 2. The van der Waals surface area contributed by atoms with Crippen LogP contribution in [0.2, 0.25) is 0 Å². The molecule has 7 nitrogen and oxygen atoms in total. The summed E-state index contributed by atoms with van der Waals surface area (Å²) in [6, 6.07) is 12.7. The van der Waals surface area contributed by atoms with Crippen molar-refractivity contribution in [2.45, 2.75) is 43.8 Å². The number of sulfonamides is 1. The maximum Gasteiger partial charge on any atom is 0.279 e. The van der Waals surface area contributed by atoms with E-state index >= 15 is 0 Å². The fourth-order valence-electron chi connectivity index (χ4n) is 4.92. The van der Waals surface area contributed by atoms with E-state index in [1.54, 1.807) is 22.5 Å². The number of hydrogen-bond acceptors (Lipinski definition) is 7. The molecule has 0 spiro atoms. The molecule has 0 radical (unpaired) electrons. The summed E-state index contributed by atoms with van der Waals surface area (Å²) in [6.07, 6.45) is 4.92. The minimum Gasteiger partial charge on any atom is -0.492 e. The number of benzene rings is 2. The number of para-hydroxylation sites is 1. The fourth-order valence-corrected chi connectivity index (χ4v) is 7.23. The molecule has 2 bridgehead atoms. The third kappa shape index (κ3) is 4.98. The zero-order chi connectivity index (χ0) is 23.0. The van der Waals surface area contributed by atoms with Gasteiger partial charge in [0.1, 0.15) is 29.4 Å². The molecule has 2 aliphatic rings. The minimum absolute atomic E-state index is 0.122. The first-order valence-corrected chi connectivity index (χ1v) is 13.7. The van der Waals surface area contributed by atoms with Crippen molar-refractivity contribution in [1.82, 2.24) is 14.6 Å². The average Bonchev–Trinajstić information content (AvgIpc) is 3.31. The molecular weight excluding hydrogens is 465 g/mol. The van der Waals surface area contributed by atoms with Crippen molar-refractivity contribution in [2.75, 3.05) is 19.4 Å². The van der Waals surface area contributed by atoms with Gasteiger partial charge in [-0.1, -0.05) is 17.4 Å². The molecule has 33 heavy (non-hydrogen) atoms. The number of halogens is 1. The summed E-state index contributed by atoms with van der Waals surface area (Å²) in [5, 5.41) is 3.91. The molecule has 3 atom stereocenters. The number of ether oxygens (including phenoxy) is 2. The Hall–Kier alpha value is -2.27. The number of fused-ring (bicyclic) bond motifs is 3. The molecule has 176 valence electrons. The van der Waals surface area contributed by atoms with Crippen LogP contribution in [-0.2, 0) is 10.0 Å². The topological polar surface area (TPSA) is 80.8 Å². The van der Waals surface area contributed by atoms with Crippen molar-refractivity contribution in [1.29, 1.82) is 0 Å². The lowest BCUT2D eigenvalue weighted by Gasteiger charge is -2.37. The first kappa shape index (κ1) is 22.5. The van der Waals surface area contributed by atoms with Gasteiger partial charge >= 0.3 is 0 Å². The standard InChI is InChI=1S/C23H26FN3O4S2/c1-33(28,29)27-16-5-6-17(27)14-15(13-16)25-11-12-30-18-7-9-19(10-8-18)31-23-26-22-20(24)3-2-4-21(22)32-23/h2-4,7-10,15-17,25H,5-6,11-14H2,1H3/t15-,16-,17+. The van der Waals surface area contributed by atoms with E-state index in [0.29, 0.717) is 35.7 Å². The summed E-state index contributed by atoms with van der Waals surface area (Å²) < 4.78 is 51.9. The lowest BCUT2D eigenvalue weighted by atomic mass is 10.00. The summed E-state index contributed by atoms with van der Waals surface area (Å²) in [5.41, 5.74) is 0.319. The summed E-state index contributed by atoms with van der Waals surface area (Å²) in [5.74, 6) is 0.976. The van der Waals surface area contributed by atoms with Gasteiger partial charge in [-0.15, -0.1) is 0 Å². The van der Waals surface area contributed by atoms with Crippen LogP contribution in [0.25, 0.3) is 10.2 Å². The van der Waals surface area contributed by atoms with Crippen LogP contribution in [0, 0.1) is 5.82 Å². The quantitative estimate of drug-likeness (QED) is 0.477. The highest BCUT2D eigenvalue weighted by Gasteiger charge is 2.44.